The first-order valence-corrected chi connectivity index (χ1v) is 7.79. The predicted octanol–water partition coefficient (Wildman–Crippen LogP) is 3.89. The van der Waals surface area contributed by atoms with Crippen LogP contribution in [0.5, 0.6) is 0 Å². The average Bonchev–Trinajstić information content (AvgIpc) is 2.45. The van der Waals surface area contributed by atoms with Gasteiger partial charge in [0.25, 0.3) is 5.56 Å². The number of rotatable bonds is 2. The maximum absolute atomic E-state index is 12.6. The third-order valence-electron chi connectivity index (χ3n) is 4.60. The number of nitrogens with one attached hydrogen (secondary N) is 1. The average molecular weight is 288 g/mol. The van der Waals surface area contributed by atoms with Gasteiger partial charge in [-0.2, -0.15) is 0 Å². The number of nitrogens with zero attached hydrogens (tertiary/aromatic N) is 1. The molecule has 0 radical (unpaired) electrons. The molecule has 1 aliphatic carbocycles. The Bertz CT molecular complexity index is 731. The number of H-pyrrole nitrogens is 1. The predicted molar refractivity (Wildman–Crippen MR) is 84.5 cm³/mol. The molecule has 1 N–H and O–H groups in total. The fourth-order valence-corrected chi connectivity index (χ4v) is 3.53. The second-order valence-electron chi connectivity index (χ2n) is 5.91. The second kappa shape index (κ2) is 5.52. The van der Waals surface area contributed by atoms with Crippen molar-refractivity contribution in [2.24, 2.45) is 11.8 Å². The summed E-state index contributed by atoms with van der Waals surface area (Å²) < 4.78 is 2.30. The fraction of sp³-hybridized carbons (Fsp3) is 0.500. The van der Waals surface area contributed by atoms with Crippen molar-refractivity contribution in [3.8, 4) is 0 Å². The lowest BCUT2D eigenvalue weighted by atomic mass is 9.80. The number of aromatic amines is 1. The van der Waals surface area contributed by atoms with Crippen molar-refractivity contribution >= 4 is 23.1 Å². The van der Waals surface area contributed by atoms with Crippen LogP contribution in [0.15, 0.2) is 29.1 Å². The van der Waals surface area contributed by atoms with Gasteiger partial charge in [0.1, 0.15) is 0 Å². The van der Waals surface area contributed by atoms with Crippen LogP contribution in [0.25, 0.3) is 10.9 Å². The minimum atomic E-state index is 0.0436. The third kappa shape index (κ3) is 2.44. The molecule has 20 heavy (non-hydrogen) atoms. The molecule has 0 aliphatic heterocycles. The number of benzene rings is 1. The standard InChI is InChI=1S/C16H20N2OS/c1-11-6-2-3-7-12(11)10-18-15(19)13-8-4-5-9-14(13)17-16(18)20/h4-5,8-9,11-12H,2-3,6-7,10H2,1H3,(H,17,20). The molecule has 0 bridgehead atoms. The number of fused-ring (bicyclic) bond motifs is 1. The van der Waals surface area contributed by atoms with Gasteiger partial charge in [-0.25, -0.2) is 0 Å². The molecule has 1 saturated carbocycles. The van der Waals surface area contributed by atoms with E-state index < -0.39 is 0 Å². The summed E-state index contributed by atoms with van der Waals surface area (Å²) >= 11 is 5.38. The Hall–Kier alpha value is -1.42. The molecular formula is C16H20N2OS. The van der Waals surface area contributed by atoms with Crippen LogP contribution in [0.1, 0.15) is 32.6 Å². The first-order chi connectivity index (χ1) is 9.66. The Labute approximate surface area is 123 Å². The van der Waals surface area contributed by atoms with Gasteiger partial charge in [0.05, 0.1) is 10.9 Å². The normalized spacial score (nSPS) is 23.1. The van der Waals surface area contributed by atoms with Gasteiger partial charge in [-0.3, -0.25) is 9.36 Å². The topological polar surface area (TPSA) is 37.8 Å². The summed E-state index contributed by atoms with van der Waals surface area (Å²) in [4.78, 5) is 15.8. The van der Waals surface area contributed by atoms with Gasteiger partial charge in [0.2, 0.25) is 0 Å². The van der Waals surface area contributed by atoms with Crippen LogP contribution in [0.3, 0.4) is 0 Å². The van der Waals surface area contributed by atoms with Crippen molar-refractivity contribution in [3.63, 3.8) is 0 Å². The summed E-state index contributed by atoms with van der Waals surface area (Å²) in [7, 11) is 0. The highest BCUT2D eigenvalue weighted by molar-refractivity contribution is 7.71. The van der Waals surface area contributed by atoms with E-state index >= 15 is 0 Å². The summed E-state index contributed by atoms with van der Waals surface area (Å²) in [6, 6.07) is 7.58. The summed E-state index contributed by atoms with van der Waals surface area (Å²) in [5, 5.41) is 0.726. The van der Waals surface area contributed by atoms with Crippen molar-refractivity contribution in [1.82, 2.24) is 9.55 Å². The van der Waals surface area contributed by atoms with E-state index in [2.05, 4.69) is 11.9 Å². The number of para-hydroxylation sites is 1. The van der Waals surface area contributed by atoms with Gasteiger partial charge in [-0.05, 0) is 42.6 Å². The molecule has 1 aromatic heterocycles. The summed E-state index contributed by atoms with van der Waals surface area (Å²) in [6.07, 6.45) is 5.06. The minimum Gasteiger partial charge on any atom is -0.332 e. The molecule has 2 unspecified atom stereocenters. The van der Waals surface area contributed by atoms with Crippen LogP contribution < -0.4 is 5.56 Å². The van der Waals surface area contributed by atoms with Crippen LogP contribution >= 0.6 is 12.2 Å². The van der Waals surface area contributed by atoms with Crippen molar-refractivity contribution < 1.29 is 0 Å². The van der Waals surface area contributed by atoms with E-state index in [1.807, 2.05) is 24.3 Å². The fourth-order valence-electron chi connectivity index (χ4n) is 3.26. The van der Waals surface area contributed by atoms with E-state index in [4.69, 9.17) is 12.2 Å². The molecule has 4 heteroatoms. The Morgan fingerprint density at radius 1 is 1.30 bits per heavy atom. The molecular weight excluding hydrogens is 268 g/mol. The quantitative estimate of drug-likeness (QED) is 0.851. The molecule has 3 rings (SSSR count). The smallest absolute Gasteiger partial charge is 0.262 e. The largest absolute Gasteiger partial charge is 0.332 e. The highest BCUT2D eigenvalue weighted by Crippen LogP contribution is 2.30. The zero-order valence-electron chi connectivity index (χ0n) is 11.8. The first-order valence-electron chi connectivity index (χ1n) is 7.38. The zero-order valence-corrected chi connectivity index (χ0v) is 12.6. The van der Waals surface area contributed by atoms with E-state index in [1.165, 1.54) is 25.7 Å². The van der Waals surface area contributed by atoms with E-state index in [-0.39, 0.29) is 5.56 Å². The lowest BCUT2D eigenvalue weighted by Gasteiger charge is -2.29. The van der Waals surface area contributed by atoms with Gasteiger partial charge in [0, 0.05) is 6.54 Å². The third-order valence-corrected chi connectivity index (χ3v) is 4.92. The minimum absolute atomic E-state index is 0.0436. The maximum atomic E-state index is 12.6. The van der Waals surface area contributed by atoms with Gasteiger partial charge in [0.15, 0.2) is 4.77 Å². The van der Waals surface area contributed by atoms with Crippen molar-refractivity contribution in [3.05, 3.63) is 39.4 Å². The van der Waals surface area contributed by atoms with E-state index in [0.717, 1.165) is 17.4 Å². The summed E-state index contributed by atoms with van der Waals surface area (Å²) in [6.45, 7) is 3.04. The molecule has 2 atom stereocenters. The van der Waals surface area contributed by atoms with Crippen LogP contribution in [-0.4, -0.2) is 9.55 Å². The molecule has 2 aromatic rings. The molecule has 1 aliphatic rings. The van der Waals surface area contributed by atoms with Crippen LogP contribution in [0, 0.1) is 16.6 Å². The summed E-state index contributed by atoms with van der Waals surface area (Å²) in [5.74, 6) is 1.24. The van der Waals surface area contributed by atoms with Crippen LogP contribution in [0.4, 0.5) is 0 Å². The van der Waals surface area contributed by atoms with E-state index in [0.29, 0.717) is 16.6 Å². The zero-order chi connectivity index (χ0) is 14.1. The van der Waals surface area contributed by atoms with Crippen molar-refractivity contribution in [1.29, 1.82) is 0 Å². The number of hydrogen-bond donors (Lipinski definition) is 1. The van der Waals surface area contributed by atoms with E-state index in [1.54, 1.807) is 4.57 Å². The Balaban J connectivity index is 2.03. The molecule has 0 amide bonds. The first kappa shape index (κ1) is 13.6. The lowest BCUT2D eigenvalue weighted by molar-refractivity contribution is 0.225. The Morgan fingerprint density at radius 2 is 2.05 bits per heavy atom. The van der Waals surface area contributed by atoms with Crippen LogP contribution in [-0.2, 0) is 6.54 Å². The van der Waals surface area contributed by atoms with Gasteiger partial charge in [-0.15, -0.1) is 0 Å². The molecule has 0 spiro atoms. The van der Waals surface area contributed by atoms with Crippen LogP contribution in [0.2, 0.25) is 0 Å². The molecule has 1 fully saturated rings. The molecule has 106 valence electrons. The Kier molecular flexibility index (Phi) is 3.74. The van der Waals surface area contributed by atoms with Crippen molar-refractivity contribution in [2.45, 2.75) is 39.2 Å². The van der Waals surface area contributed by atoms with Crippen molar-refractivity contribution in [2.75, 3.05) is 0 Å². The molecule has 1 aromatic carbocycles. The SMILES string of the molecule is CC1CCCCC1Cn1c(=S)[nH]c2ccccc2c1=O. The molecule has 0 saturated heterocycles. The lowest BCUT2D eigenvalue weighted by Crippen LogP contribution is -2.29. The van der Waals surface area contributed by atoms with Gasteiger partial charge < -0.3 is 4.98 Å². The summed E-state index contributed by atoms with van der Waals surface area (Å²) in [5.41, 5.74) is 0.873. The number of hydrogen-bond acceptors (Lipinski definition) is 2. The number of aromatic nitrogens is 2. The molecule has 1 heterocycles. The highest BCUT2D eigenvalue weighted by atomic mass is 32.1. The molecule has 3 nitrogen and oxygen atoms in total. The van der Waals surface area contributed by atoms with Gasteiger partial charge >= 0.3 is 0 Å². The van der Waals surface area contributed by atoms with E-state index in [9.17, 15) is 4.79 Å². The maximum Gasteiger partial charge on any atom is 0.262 e. The monoisotopic (exact) mass is 288 g/mol. The Morgan fingerprint density at radius 3 is 2.85 bits per heavy atom. The second-order valence-corrected chi connectivity index (χ2v) is 6.30. The highest BCUT2D eigenvalue weighted by Gasteiger charge is 2.22. The van der Waals surface area contributed by atoms with Gasteiger partial charge in [-0.1, -0.05) is 38.3 Å².